The first-order chi connectivity index (χ1) is 12.6. The molecule has 0 bridgehead atoms. The van der Waals surface area contributed by atoms with Gasteiger partial charge in [0, 0.05) is 24.7 Å². The molecule has 0 spiro atoms. The van der Waals surface area contributed by atoms with Gasteiger partial charge in [-0.15, -0.1) is 0 Å². The second kappa shape index (κ2) is 8.83. The van der Waals surface area contributed by atoms with E-state index in [-0.39, 0.29) is 30.8 Å². The summed E-state index contributed by atoms with van der Waals surface area (Å²) in [6, 6.07) is 17.0. The van der Waals surface area contributed by atoms with Crippen LogP contribution in [0.1, 0.15) is 17.2 Å². The molecule has 1 saturated heterocycles. The number of carbonyl (C=O) groups excluding carboxylic acids is 2. The highest BCUT2D eigenvalue weighted by atomic mass is 35.5. The molecule has 6 heteroatoms. The number of benzene rings is 2. The largest absolute Gasteiger partial charge is 0.347 e. The molecule has 2 N–H and O–H groups in total. The standard InChI is InChI=1S/C20H22ClN3O2/c21-17-8-4-7-16(12-17)18-13-22-9-10-24(18)20(26)14-23-19(25)11-15-5-2-1-3-6-15/h1-8,12,18,22H,9-11,13-14H2,(H,23,25). The molecule has 2 amide bonds. The van der Waals surface area contributed by atoms with Crippen LogP contribution in [0.5, 0.6) is 0 Å². The summed E-state index contributed by atoms with van der Waals surface area (Å²) >= 11 is 6.09. The van der Waals surface area contributed by atoms with Gasteiger partial charge in [0.05, 0.1) is 19.0 Å². The minimum atomic E-state index is -0.154. The SMILES string of the molecule is O=C(Cc1ccccc1)NCC(=O)N1CCNCC1c1cccc(Cl)c1. The summed E-state index contributed by atoms with van der Waals surface area (Å²) in [5.41, 5.74) is 1.92. The van der Waals surface area contributed by atoms with Crippen LogP contribution in [0.3, 0.4) is 0 Å². The van der Waals surface area contributed by atoms with Crippen LogP contribution in [0, 0.1) is 0 Å². The number of nitrogens with one attached hydrogen (secondary N) is 2. The molecule has 2 aromatic rings. The second-order valence-electron chi connectivity index (χ2n) is 6.30. The molecule has 2 aromatic carbocycles. The minimum Gasteiger partial charge on any atom is -0.347 e. The van der Waals surface area contributed by atoms with Crippen LogP contribution in [0.2, 0.25) is 5.02 Å². The highest BCUT2D eigenvalue weighted by Gasteiger charge is 2.27. The van der Waals surface area contributed by atoms with E-state index in [0.717, 1.165) is 17.7 Å². The van der Waals surface area contributed by atoms with E-state index in [0.29, 0.717) is 18.1 Å². The third-order valence-electron chi connectivity index (χ3n) is 4.44. The number of nitrogens with zero attached hydrogens (tertiary/aromatic N) is 1. The van der Waals surface area contributed by atoms with Crippen molar-refractivity contribution in [3.8, 4) is 0 Å². The molecule has 26 heavy (non-hydrogen) atoms. The highest BCUT2D eigenvalue weighted by Crippen LogP contribution is 2.24. The lowest BCUT2D eigenvalue weighted by atomic mass is 10.0. The van der Waals surface area contributed by atoms with Gasteiger partial charge >= 0.3 is 0 Å². The Balaban J connectivity index is 1.59. The number of halogens is 1. The van der Waals surface area contributed by atoms with Crippen LogP contribution in [0.4, 0.5) is 0 Å². The van der Waals surface area contributed by atoms with Crippen LogP contribution in [0.15, 0.2) is 54.6 Å². The van der Waals surface area contributed by atoms with Gasteiger partial charge < -0.3 is 15.5 Å². The van der Waals surface area contributed by atoms with Crippen molar-refractivity contribution in [3.63, 3.8) is 0 Å². The zero-order valence-electron chi connectivity index (χ0n) is 14.5. The first-order valence-corrected chi connectivity index (χ1v) is 9.07. The van der Waals surface area contributed by atoms with Crippen LogP contribution in [-0.4, -0.2) is 42.9 Å². The molecule has 0 aliphatic carbocycles. The summed E-state index contributed by atoms with van der Waals surface area (Å²) in [6.07, 6.45) is 0.271. The lowest BCUT2D eigenvalue weighted by Crippen LogP contribution is -2.51. The Hall–Kier alpha value is -2.37. The van der Waals surface area contributed by atoms with E-state index in [1.165, 1.54) is 0 Å². The van der Waals surface area contributed by atoms with Gasteiger partial charge in [0.25, 0.3) is 0 Å². The lowest BCUT2D eigenvalue weighted by Gasteiger charge is -2.36. The van der Waals surface area contributed by atoms with E-state index in [9.17, 15) is 9.59 Å². The zero-order chi connectivity index (χ0) is 18.4. The molecule has 1 atom stereocenters. The van der Waals surface area contributed by atoms with Crippen molar-refractivity contribution in [2.45, 2.75) is 12.5 Å². The molecule has 136 valence electrons. The van der Waals surface area contributed by atoms with Crippen molar-refractivity contribution in [1.82, 2.24) is 15.5 Å². The summed E-state index contributed by atoms with van der Waals surface area (Å²) in [5, 5.41) is 6.70. The van der Waals surface area contributed by atoms with Gasteiger partial charge in [0.2, 0.25) is 11.8 Å². The number of carbonyl (C=O) groups is 2. The van der Waals surface area contributed by atoms with Gasteiger partial charge in [-0.3, -0.25) is 9.59 Å². The van der Waals surface area contributed by atoms with E-state index in [1.807, 2.05) is 59.5 Å². The molecule has 1 aliphatic heterocycles. The quantitative estimate of drug-likeness (QED) is 0.846. The van der Waals surface area contributed by atoms with E-state index in [1.54, 1.807) is 0 Å². The molecule has 0 aromatic heterocycles. The fraction of sp³-hybridized carbons (Fsp3) is 0.300. The van der Waals surface area contributed by atoms with Crippen LogP contribution >= 0.6 is 11.6 Å². The van der Waals surface area contributed by atoms with Gasteiger partial charge in [0.15, 0.2) is 0 Å². The van der Waals surface area contributed by atoms with Crippen molar-refractivity contribution in [1.29, 1.82) is 0 Å². The number of hydrogen-bond acceptors (Lipinski definition) is 3. The van der Waals surface area contributed by atoms with E-state index < -0.39 is 0 Å². The predicted molar refractivity (Wildman–Crippen MR) is 102 cm³/mol. The van der Waals surface area contributed by atoms with Crippen molar-refractivity contribution >= 4 is 23.4 Å². The first-order valence-electron chi connectivity index (χ1n) is 8.70. The monoisotopic (exact) mass is 371 g/mol. The maximum atomic E-state index is 12.7. The molecule has 0 radical (unpaired) electrons. The first kappa shape index (κ1) is 18.4. The fourth-order valence-corrected chi connectivity index (χ4v) is 3.33. The van der Waals surface area contributed by atoms with Gasteiger partial charge in [-0.2, -0.15) is 0 Å². The molecular weight excluding hydrogens is 350 g/mol. The topological polar surface area (TPSA) is 61.4 Å². The molecular formula is C20H22ClN3O2. The Kier molecular flexibility index (Phi) is 6.26. The van der Waals surface area contributed by atoms with Crippen LogP contribution < -0.4 is 10.6 Å². The molecule has 5 nitrogen and oxygen atoms in total. The summed E-state index contributed by atoms with van der Waals surface area (Å²) in [6.45, 7) is 2.01. The summed E-state index contributed by atoms with van der Waals surface area (Å²) in [4.78, 5) is 26.6. The lowest BCUT2D eigenvalue weighted by molar-refractivity contribution is -0.135. The van der Waals surface area contributed by atoms with Gasteiger partial charge in [-0.05, 0) is 23.3 Å². The third-order valence-corrected chi connectivity index (χ3v) is 4.68. The number of piperazine rings is 1. The minimum absolute atomic E-state index is 0.00271. The molecule has 1 aliphatic rings. The Morgan fingerprint density at radius 1 is 1.15 bits per heavy atom. The maximum absolute atomic E-state index is 12.7. The number of hydrogen-bond donors (Lipinski definition) is 2. The smallest absolute Gasteiger partial charge is 0.242 e. The Morgan fingerprint density at radius 2 is 1.96 bits per heavy atom. The molecule has 1 fully saturated rings. The molecule has 3 rings (SSSR count). The van der Waals surface area contributed by atoms with Gasteiger partial charge in [-0.25, -0.2) is 0 Å². The van der Waals surface area contributed by atoms with Crippen molar-refractivity contribution in [2.24, 2.45) is 0 Å². The predicted octanol–water partition coefficient (Wildman–Crippen LogP) is 2.17. The Labute approximate surface area is 158 Å². The normalized spacial score (nSPS) is 17.0. The highest BCUT2D eigenvalue weighted by molar-refractivity contribution is 6.30. The number of amides is 2. The zero-order valence-corrected chi connectivity index (χ0v) is 15.2. The Bertz CT molecular complexity index is 767. The van der Waals surface area contributed by atoms with E-state index in [2.05, 4.69) is 10.6 Å². The third kappa shape index (κ3) is 4.84. The number of rotatable bonds is 5. The van der Waals surface area contributed by atoms with Crippen LogP contribution in [0.25, 0.3) is 0 Å². The van der Waals surface area contributed by atoms with Crippen molar-refractivity contribution in [3.05, 3.63) is 70.7 Å². The molecule has 0 saturated carbocycles. The van der Waals surface area contributed by atoms with E-state index in [4.69, 9.17) is 11.6 Å². The van der Waals surface area contributed by atoms with Crippen molar-refractivity contribution in [2.75, 3.05) is 26.2 Å². The van der Waals surface area contributed by atoms with Gasteiger partial charge in [0.1, 0.15) is 0 Å². The van der Waals surface area contributed by atoms with Crippen molar-refractivity contribution < 1.29 is 9.59 Å². The average molecular weight is 372 g/mol. The maximum Gasteiger partial charge on any atom is 0.242 e. The summed E-state index contributed by atoms with van der Waals surface area (Å²) < 4.78 is 0. The molecule has 1 heterocycles. The van der Waals surface area contributed by atoms with Gasteiger partial charge in [-0.1, -0.05) is 54.1 Å². The Morgan fingerprint density at radius 3 is 2.73 bits per heavy atom. The second-order valence-corrected chi connectivity index (χ2v) is 6.74. The summed E-state index contributed by atoms with van der Waals surface area (Å²) in [5.74, 6) is -0.239. The molecule has 1 unspecified atom stereocenters. The summed E-state index contributed by atoms with van der Waals surface area (Å²) in [7, 11) is 0. The average Bonchev–Trinajstić information content (AvgIpc) is 2.67. The van der Waals surface area contributed by atoms with Crippen LogP contribution in [-0.2, 0) is 16.0 Å². The fourth-order valence-electron chi connectivity index (χ4n) is 3.13. The van der Waals surface area contributed by atoms with E-state index >= 15 is 0 Å².